The van der Waals surface area contributed by atoms with Gasteiger partial charge in [-0.15, -0.1) is 0 Å². The van der Waals surface area contributed by atoms with E-state index in [1.54, 1.807) is 25.5 Å². The molecule has 2 aromatic rings. The van der Waals surface area contributed by atoms with Crippen LogP contribution in [0.3, 0.4) is 0 Å². The number of hydrogen-bond acceptors (Lipinski definition) is 3. The second-order valence-electron chi connectivity index (χ2n) is 4.33. The number of nitrogens with one attached hydrogen (secondary N) is 1. The fourth-order valence-corrected chi connectivity index (χ4v) is 2.05. The Labute approximate surface area is 116 Å². The van der Waals surface area contributed by atoms with Crippen LogP contribution in [0.1, 0.15) is 15.9 Å². The fraction of sp³-hybridized carbons (Fsp3) is 0.0625. The van der Waals surface area contributed by atoms with Crippen LogP contribution in [0.2, 0.25) is 0 Å². The van der Waals surface area contributed by atoms with E-state index in [2.05, 4.69) is 5.32 Å². The summed E-state index contributed by atoms with van der Waals surface area (Å²) in [6.07, 6.45) is 1.54. The summed E-state index contributed by atoms with van der Waals surface area (Å²) in [6.45, 7) is 0. The highest BCUT2D eigenvalue weighted by Gasteiger charge is 2.24. The van der Waals surface area contributed by atoms with Crippen LogP contribution in [0.15, 0.2) is 54.8 Å². The Hall–Kier alpha value is -2.75. The van der Waals surface area contributed by atoms with E-state index < -0.39 is 0 Å². The standard InChI is InChI=1S/C16H13NO3/c1-19-12-7-8-13-14(9-12)15(17-16(13)18)10-20-11-5-3-2-4-6-11/h2-10H,1H3,(H,17,18)/b15-10-. The van der Waals surface area contributed by atoms with Crippen LogP contribution in [0, 0.1) is 0 Å². The number of carbonyl (C=O) groups is 1. The molecule has 0 saturated heterocycles. The Morgan fingerprint density at radius 3 is 2.55 bits per heavy atom. The van der Waals surface area contributed by atoms with Gasteiger partial charge in [-0.3, -0.25) is 4.79 Å². The first kappa shape index (κ1) is 12.3. The lowest BCUT2D eigenvalue weighted by Crippen LogP contribution is -2.12. The summed E-state index contributed by atoms with van der Waals surface area (Å²) in [5, 5.41) is 2.78. The van der Waals surface area contributed by atoms with Gasteiger partial charge in [0.05, 0.1) is 12.8 Å². The predicted molar refractivity (Wildman–Crippen MR) is 75.5 cm³/mol. The Morgan fingerprint density at radius 2 is 1.80 bits per heavy atom. The van der Waals surface area contributed by atoms with Gasteiger partial charge in [0.1, 0.15) is 17.8 Å². The van der Waals surface area contributed by atoms with Crippen molar-refractivity contribution in [2.75, 3.05) is 7.11 Å². The number of rotatable bonds is 3. The summed E-state index contributed by atoms with van der Waals surface area (Å²) >= 11 is 0. The van der Waals surface area contributed by atoms with Crippen molar-refractivity contribution in [2.24, 2.45) is 0 Å². The van der Waals surface area contributed by atoms with Gasteiger partial charge in [-0.05, 0) is 30.3 Å². The third-order valence-corrected chi connectivity index (χ3v) is 3.07. The maximum Gasteiger partial charge on any atom is 0.256 e. The minimum atomic E-state index is -0.134. The molecule has 0 aliphatic carbocycles. The maximum atomic E-state index is 11.8. The normalized spacial score (nSPS) is 14.8. The second-order valence-corrected chi connectivity index (χ2v) is 4.33. The van der Waals surface area contributed by atoms with Crippen LogP contribution in [-0.4, -0.2) is 13.0 Å². The molecule has 0 bridgehead atoms. The van der Waals surface area contributed by atoms with Crippen molar-refractivity contribution in [3.05, 3.63) is 65.9 Å². The highest BCUT2D eigenvalue weighted by molar-refractivity contribution is 6.09. The smallest absolute Gasteiger partial charge is 0.256 e. The van der Waals surface area contributed by atoms with Gasteiger partial charge >= 0.3 is 0 Å². The molecule has 0 atom stereocenters. The molecule has 3 rings (SSSR count). The molecule has 4 nitrogen and oxygen atoms in total. The van der Waals surface area contributed by atoms with Gasteiger partial charge in [-0.25, -0.2) is 0 Å². The average Bonchev–Trinajstić information content (AvgIpc) is 2.82. The maximum absolute atomic E-state index is 11.8. The molecule has 2 aromatic carbocycles. The van der Waals surface area contributed by atoms with Crippen LogP contribution < -0.4 is 14.8 Å². The van der Waals surface area contributed by atoms with Crippen molar-refractivity contribution in [1.29, 1.82) is 0 Å². The van der Waals surface area contributed by atoms with E-state index in [-0.39, 0.29) is 5.91 Å². The number of para-hydroxylation sites is 1. The van der Waals surface area contributed by atoms with E-state index >= 15 is 0 Å². The largest absolute Gasteiger partial charge is 0.497 e. The fourth-order valence-electron chi connectivity index (χ4n) is 2.05. The van der Waals surface area contributed by atoms with Gasteiger partial charge in [0.15, 0.2) is 0 Å². The Kier molecular flexibility index (Phi) is 3.13. The number of fused-ring (bicyclic) bond motifs is 1. The van der Waals surface area contributed by atoms with Crippen molar-refractivity contribution < 1.29 is 14.3 Å². The summed E-state index contributed by atoms with van der Waals surface area (Å²) < 4.78 is 10.7. The van der Waals surface area contributed by atoms with Crippen molar-refractivity contribution in [3.8, 4) is 11.5 Å². The summed E-state index contributed by atoms with van der Waals surface area (Å²) in [5.74, 6) is 1.28. The molecule has 4 heteroatoms. The first-order valence-electron chi connectivity index (χ1n) is 6.19. The van der Waals surface area contributed by atoms with Crippen LogP contribution in [-0.2, 0) is 0 Å². The Morgan fingerprint density at radius 1 is 1.00 bits per heavy atom. The molecule has 1 amide bonds. The summed E-state index contributed by atoms with van der Waals surface area (Å²) in [5.41, 5.74) is 2.03. The van der Waals surface area contributed by atoms with Crippen molar-refractivity contribution in [2.45, 2.75) is 0 Å². The first-order valence-corrected chi connectivity index (χ1v) is 6.19. The minimum absolute atomic E-state index is 0.134. The van der Waals surface area contributed by atoms with Crippen LogP contribution in [0.5, 0.6) is 11.5 Å². The SMILES string of the molecule is COc1ccc2c(c1)/C(=C/Oc1ccccc1)NC2=O. The highest BCUT2D eigenvalue weighted by atomic mass is 16.5. The number of ether oxygens (including phenoxy) is 2. The van der Waals surface area contributed by atoms with Gasteiger partial charge < -0.3 is 14.8 Å². The molecule has 0 unspecified atom stereocenters. The van der Waals surface area contributed by atoms with Crippen molar-refractivity contribution >= 4 is 11.6 Å². The van der Waals surface area contributed by atoms with E-state index in [0.29, 0.717) is 22.8 Å². The quantitative estimate of drug-likeness (QED) is 0.870. The number of methoxy groups -OCH3 is 1. The molecule has 100 valence electrons. The van der Waals surface area contributed by atoms with Crippen LogP contribution in [0.4, 0.5) is 0 Å². The highest BCUT2D eigenvalue weighted by Crippen LogP contribution is 2.28. The van der Waals surface area contributed by atoms with Gasteiger partial charge in [0.25, 0.3) is 5.91 Å². The zero-order valence-electron chi connectivity index (χ0n) is 10.9. The average molecular weight is 267 g/mol. The molecule has 1 N–H and O–H groups in total. The van der Waals surface area contributed by atoms with E-state index in [1.807, 2.05) is 36.4 Å². The van der Waals surface area contributed by atoms with Crippen LogP contribution in [0.25, 0.3) is 5.70 Å². The minimum Gasteiger partial charge on any atom is -0.497 e. The van der Waals surface area contributed by atoms with Gasteiger partial charge in [-0.2, -0.15) is 0 Å². The summed E-state index contributed by atoms with van der Waals surface area (Å²) in [4.78, 5) is 11.8. The molecule has 0 saturated carbocycles. The second kappa shape index (κ2) is 5.09. The lowest BCUT2D eigenvalue weighted by Gasteiger charge is -2.04. The van der Waals surface area contributed by atoms with Crippen molar-refractivity contribution in [3.63, 3.8) is 0 Å². The van der Waals surface area contributed by atoms with Gasteiger partial charge in [-0.1, -0.05) is 18.2 Å². The molecule has 1 heterocycles. The molecule has 1 aliphatic rings. The van der Waals surface area contributed by atoms with Gasteiger partial charge in [0, 0.05) is 11.1 Å². The third-order valence-electron chi connectivity index (χ3n) is 3.07. The predicted octanol–water partition coefficient (Wildman–Crippen LogP) is 2.82. The van der Waals surface area contributed by atoms with E-state index in [4.69, 9.17) is 9.47 Å². The molecule has 0 aromatic heterocycles. The molecule has 0 spiro atoms. The lowest BCUT2D eigenvalue weighted by atomic mass is 10.1. The number of amides is 1. The third kappa shape index (κ3) is 2.23. The summed E-state index contributed by atoms with van der Waals surface area (Å²) in [7, 11) is 1.59. The Balaban J connectivity index is 1.92. The number of benzene rings is 2. The van der Waals surface area contributed by atoms with Crippen LogP contribution >= 0.6 is 0 Å². The molecule has 20 heavy (non-hydrogen) atoms. The first-order chi connectivity index (χ1) is 9.78. The van der Waals surface area contributed by atoms with E-state index in [1.165, 1.54) is 0 Å². The molecule has 0 fully saturated rings. The number of carbonyl (C=O) groups excluding carboxylic acids is 1. The monoisotopic (exact) mass is 267 g/mol. The molecule has 0 radical (unpaired) electrons. The molecular formula is C16H13NO3. The van der Waals surface area contributed by atoms with Gasteiger partial charge in [0.2, 0.25) is 0 Å². The zero-order chi connectivity index (χ0) is 13.9. The lowest BCUT2D eigenvalue weighted by molar-refractivity contribution is 0.0980. The van der Waals surface area contributed by atoms with Crippen molar-refractivity contribution in [1.82, 2.24) is 5.32 Å². The molecular weight excluding hydrogens is 254 g/mol. The number of hydrogen-bond donors (Lipinski definition) is 1. The molecule has 1 aliphatic heterocycles. The summed E-state index contributed by atoms with van der Waals surface area (Å²) in [6, 6.07) is 14.7. The Bertz CT molecular complexity index is 677. The zero-order valence-corrected chi connectivity index (χ0v) is 10.9. The van der Waals surface area contributed by atoms with E-state index in [9.17, 15) is 4.79 Å². The van der Waals surface area contributed by atoms with E-state index in [0.717, 1.165) is 5.56 Å². The topological polar surface area (TPSA) is 47.6 Å².